The van der Waals surface area contributed by atoms with E-state index in [4.69, 9.17) is 0 Å². The number of amides is 2. The van der Waals surface area contributed by atoms with Crippen molar-refractivity contribution in [2.75, 3.05) is 39.3 Å². The van der Waals surface area contributed by atoms with E-state index in [0.29, 0.717) is 0 Å². The summed E-state index contributed by atoms with van der Waals surface area (Å²) in [6.45, 7) is 6.54. The monoisotopic (exact) mass is 367 g/mol. The Hall–Kier alpha value is -1.40. The Morgan fingerprint density at radius 3 is 2.59 bits per heavy atom. The molecule has 1 aromatic rings. The van der Waals surface area contributed by atoms with Crippen molar-refractivity contribution in [1.82, 2.24) is 15.1 Å². The Balaban J connectivity index is 1.73. The number of piperazine rings is 1. The molecule has 1 aliphatic rings. The molecule has 1 aromatic carbocycles. The summed E-state index contributed by atoms with van der Waals surface area (Å²) < 4.78 is 0.947. The van der Waals surface area contributed by atoms with Crippen LogP contribution in [0, 0.1) is 0 Å². The summed E-state index contributed by atoms with van der Waals surface area (Å²) in [5.74, 6) is -0.128. The van der Waals surface area contributed by atoms with Crippen molar-refractivity contribution in [2.24, 2.45) is 0 Å². The van der Waals surface area contributed by atoms with Crippen LogP contribution < -0.4 is 5.32 Å². The summed E-state index contributed by atoms with van der Waals surface area (Å²) in [4.78, 5) is 28.1. The van der Waals surface area contributed by atoms with Crippen LogP contribution in [0.1, 0.15) is 12.5 Å². The van der Waals surface area contributed by atoms with E-state index in [9.17, 15) is 9.59 Å². The SMILES string of the molecule is CCN1CCN(C(=O)CNC(=O)Cc2cccc(Br)c2)CC1. The van der Waals surface area contributed by atoms with E-state index in [1.165, 1.54) is 0 Å². The first kappa shape index (κ1) is 17.0. The lowest BCUT2D eigenvalue weighted by atomic mass is 10.1. The normalized spacial score (nSPS) is 15.6. The fraction of sp³-hybridized carbons (Fsp3) is 0.500. The number of halogens is 1. The highest BCUT2D eigenvalue weighted by Gasteiger charge is 2.20. The van der Waals surface area contributed by atoms with Gasteiger partial charge in [-0.1, -0.05) is 35.0 Å². The molecule has 1 aliphatic heterocycles. The highest BCUT2D eigenvalue weighted by Crippen LogP contribution is 2.11. The quantitative estimate of drug-likeness (QED) is 0.852. The minimum absolute atomic E-state index is 0.00153. The Labute approximate surface area is 139 Å². The number of nitrogens with one attached hydrogen (secondary N) is 1. The fourth-order valence-corrected chi connectivity index (χ4v) is 2.94. The van der Waals surface area contributed by atoms with Gasteiger partial charge in [0.1, 0.15) is 0 Å². The van der Waals surface area contributed by atoms with Gasteiger partial charge < -0.3 is 15.1 Å². The number of rotatable bonds is 5. The molecule has 0 bridgehead atoms. The Bertz CT molecular complexity index is 528. The summed E-state index contributed by atoms with van der Waals surface area (Å²) in [6.07, 6.45) is 0.288. The number of benzene rings is 1. The largest absolute Gasteiger partial charge is 0.347 e. The van der Waals surface area contributed by atoms with E-state index in [1.807, 2.05) is 29.2 Å². The van der Waals surface area contributed by atoms with Crippen LogP contribution in [0.4, 0.5) is 0 Å². The van der Waals surface area contributed by atoms with E-state index in [0.717, 1.165) is 42.8 Å². The molecule has 0 aliphatic carbocycles. The molecule has 1 heterocycles. The first-order chi connectivity index (χ1) is 10.6. The van der Waals surface area contributed by atoms with Crippen LogP contribution in [0.3, 0.4) is 0 Å². The van der Waals surface area contributed by atoms with Crippen molar-refractivity contribution in [3.8, 4) is 0 Å². The van der Waals surface area contributed by atoms with E-state index in [1.54, 1.807) is 0 Å². The highest BCUT2D eigenvalue weighted by molar-refractivity contribution is 9.10. The average Bonchev–Trinajstić information content (AvgIpc) is 2.52. The number of nitrogens with zero attached hydrogens (tertiary/aromatic N) is 2. The molecule has 0 unspecified atom stereocenters. The van der Waals surface area contributed by atoms with Crippen molar-refractivity contribution in [3.05, 3.63) is 34.3 Å². The van der Waals surface area contributed by atoms with E-state index >= 15 is 0 Å². The second kappa shape index (κ2) is 8.29. The van der Waals surface area contributed by atoms with Gasteiger partial charge in [0.25, 0.3) is 0 Å². The minimum Gasteiger partial charge on any atom is -0.347 e. The molecule has 2 rings (SSSR count). The molecule has 120 valence electrons. The summed E-state index contributed by atoms with van der Waals surface area (Å²) >= 11 is 3.38. The maximum Gasteiger partial charge on any atom is 0.242 e. The number of hydrogen-bond donors (Lipinski definition) is 1. The van der Waals surface area contributed by atoms with Crippen molar-refractivity contribution in [2.45, 2.75) is 13.3 Å². The van der Waals surface area contributed by atoms with E-state index in [-0.39, 0.29) is 24.8 Å². The van der Waals surface area contributed by atoms with Crippen molar-refractivity contribution in [3.63, 3.8) is 0 Å². The van der Waals surface area contributed by atoms with Crippen LogP contribution in [-0.4, -0.2) is 60.9 Å². The van der Waals surface area contributed by atoms with Crippen LogP contribution in [0.5, 0.6) is 0 Å². The molecule has 1 N–H and O–H groups in total. The second-order valence-electron chi connectivity index (χ2n) is 5.40. The maximum absolute atomic E-state index is 12.1. The molecule has 0 atom stereocenters. The van der Waals surface area contributed by atoms with Crippen molar-refractivity contribution in [1.29, 1.82) is 0 Å². The predicted octanol–water partition coefficient (Wildman–Crippen LogP) is 1.27. The van der Waals surface area contributed by atoms with Gasteiger partial charge in [0.15, 0.2) is 0 Å². The minimum atomic E-state index is -0.126. The molecule has 5 nitrogen and oxygen atoms in total. The lowest BCUT2D eigenvalue weighted by Crippen LogP contribution is -2.51. The third-order valence-corrected chi connectivity index (χ3v) is 4.36. The first-order valence-electron chi connectivity index (χ1n) is 7.59. The number of likely N-dealkylation sites (N-methyl/N-ethyl adjacent to an activating group) is 1. The van der Waals surface area contributed by atoms with Crippen LogP contribution in [0.25, 0.3) is 0 Å². The number of hydrogen-bond acceptors (Lipinski definition) is 3. The van der Waals surface area contributed by atoms with Gasteiger partial charge >= 0.3 is 0 Å². The van der Waals surface area contributed by atoms with Gasteiger partial charge in [-0.05, 0) is 24.2 Å². The zero-order valence-electron chi connectivity index (χ0n) is 12.8. The van der Waals surface area contributed by atoms with E-state index < -0.39 is 0 Å². The zero-order valence-corrected chi connectivity index (χ0v) is 14.4. The standard InChI is InChI=1S/C16H22BrN3O2/c1-2-19-6-8-20(9-7-19)16(22)12-18-15(21)11-13-4-3-5-14(17)10-13/h3-5,10H,2,6-9,11-12H2,1H3,(H,18,21). The zero-order chi connectivity index (χ0) is 15.9. The molecule has 0 saturated carbocycles. The molecule has 0 spiro atoms. The summed E-state index contributed by atoms with van der Waals surface area (Å²) in [6, 6.07) is 7.62. The van der Waals surface area contributed by atoms with Gasteiger partial charge in [-0.15, -0.1) is 0 Å². The molecular formula is C16H22BrN3O2. The topological polar surface area (TPSA) is 52.6 Å². The van der Waals surface area contributed by atoms with Gasteiger partial charge in [-0.25, -0.2) is 0 Å². The van der Waals surface area contributed by atoms with Crippen LogP contribution in [-0.2, 0) is 16.0 Å². The maximum atomic E-state index is 12.1. The molecule has 22 heavy (non-hydrogen) atoms. The lowest BCUT2D eigenvalue weighted by molar-refractivity contribution is -0.134. The summed E-state index contributed by atoms with van der Waals surface area (Å²) in [5, 5.41) is 2.71. The molecule has 2 amide bonds. The van der Waals surface area contributed by atoms with Gasteiger partial charge in [-0.2, -0.15) is 0 Å². The lowest BCUT2D eigenvalue weighted by Gasteiger charge is -2.34. The van der Waals surface area contributed by atoms with Gasteiger partial charge in [-0.3, -0.25) is 9.59 Å². The molecular weight excluding hydrogens is 346 g/mol. The Morgan fingerprint density at radius 1 is 1.23 bits per heavy atom. The van der Waals surface area contributed by atoms with Crippen LogP contribution in [0.15, 0.2) is 28.7 Å². The van der Waals surface area contributed by atoms with Gasteiger partial charge in [0.05, 0.1) is 13.0 Å². The smallest absolute Gasteiger partial charge is 0.242 e. The fourth-order valence-electron chi connectivity index (χ4n) is 2.49. The van der Waals surface area contributed by atoms with Crippen molar-refractivity contribution >= 4 is 27.7 Å². The molecule has 1 fully saturated rings. The van der Waals surface area contributed by atoms with E-state index in [2.05, 4.69) is 33.1 Å². The Kier molecular flexibility index (Phi) is 6.39. The summed E-state index contributed by atoms with van der Waals surface area (Å²) in [7, 11) is 0. The van der Waals surface area contributed by atoms with Crippen LogP contribution >= 0.6 is 15.9 Å². The molecule has 0 radical (unpaired) electrons. The Morgan fingerprint density at radius 2 is 1.95 bits per heavy atom. The number of carbonyl (C=O) groups excluding carboxylic acids is 2. The third kappa shape index (κ3) is 5.10. The van der Waals surface area contributed by atoms with Gasteiger partial charge in [0.2, 0.25) is 11.8 Å². The molecule has 6 heteroatoms. The second-order valence-corrected chi connectivity index (χ2v) is 6.31. The first-order valence-corrected chi connectivity index (χ1v) is 8.39. The van der Waals surface area contributed by atoms with Crippen LogP contribution in [0.2, 0.25) is 0 Å². The summed E-state index contributed by atoms with van der Waals surface area (Å²) in [5.41, 5.74) is 0.927. The third-order valence-electron chi connectivity index (χ3n) is 3.86. The number of carbonyl (C=O) groups is 2. The van der Waals surface area contributed by atoms with Gasteiger partial charge in [0, 0.05) is 30.7 Å². The van der Waals surface area contributed by atoms with Crippen molar-refractivity contribution < 1.29 is 9.59 Å². The molecule has 1 saturated heterocycles. The highest BCUT2D eigenvalue weighted by atomic mass is 79.9. The molecule has 0 aromatic heterocycles. The predicted molar refractivity (Wildman–Crippen MR) is 89.5 cm³/mol. The average molecular weight is 368 g/mol.